The molecule has 1 fully saturated rings. The molecule has 2 heterocycles. The second-order valence-electron chi connectivity index (χ2n) is 6.55. The van der Waals surface area contributed by atoms with Crippen LogP contribution in [-0.2, 0) is 17.9 Å². The first-order chi connectivity index (χ1) is 12.6. The minimum absolute atomic E-state index is 0.172. The lowest BCUT2D eigenvalue weighted by atomic mass is 10.2. The molecule has 2 aromatic rings. The molecule has 3 rings (SSSR count). The number of carbonyl (C=O) groups excluding carboxylic acids is 1. The maximum absolute atomic E-state index is 12.3. The third kappa shape index (κ3) is 4.41. The van der Waals surface area contributed by atoms with Gasteiger partial charge in [0.05, 0.1) is 6.54 Å². The van der Waals surface area contributed by atoms with Crippen molar-refractivity contribution in [2.24, 2.45) is 0 Å². The molecule has 1 aromatic carbocycles. The van der Waals surface area contributed by atoms with Crippen LogP contribution in [0.5, 0.6) is 0 Å². The van der Waals surface area contributed by atoms with Crippen molar-refractivity contribution in [3.8, 4) is 0 Å². The van der Waals surface area contributed by atoms with E-state index in [1.807, 2.05) is 29.2 Å². The first-order valence-corrected chi connectivity index (χ1v) is 10.5. The fraction of sp³-hybridized carbons (Fsp3) is 0.526. The number of amides is 1. The lowest BCUT2D eigenvalue weighted by molar-refractivity contribution is -0.131. The van der Waals surface area contributed by atoms with Crippen LogP contribution < -0.4 is 0 Å². The van der Waals surface area contributed by atoms with Crippen LogP contribution in [0, 0.1) is 0 Å². The van der Waals surface area contributed by atoms with Crippen LogP contribution in [0.15, 0.2) is 29.4 Å². The van der Waals surface area contributed by atoms with E-state index in [1.54, 1.807) is 11.8 Å². The summed E-state index contributed by atoms with van der Waals surface area (Å²) in [5, 5.41) is 10.6. The van der Waals surface area contributed by atoms with Gasteiger partial charge in [0.2, 0.25) is 5.91 Å². The van der Waals surface area contributed by atoms with Gasteiger partial charge in [0.1, 0.15) is 0 Å². The quantitative estimate of drug-likeness (QED) is 0.668. The number of nitrogens with zero attached hydrogens (tertiary/aromatic N) is 4. The van der Waals surface area contributed by atoms with Gasteiger partial charge in [-0.2, -0.15) is 0 Å². The Hall–Kier alpha value is -1.53. The third-order valence-corrected chi connectivity index (χ3v) is 6.20. The summed E-state index contributed by atoms with van der Waals surface area (Å²) in [4.78, 5) is 14.2. The molecule has 0 spiro atoms. The van der Waals surface area contributed by atoms with E-state index in [0.717, 1.165) is 53.9 Å². The smallest absolute Gasteiger partial charge is 0.222 e. The average molecular weight is 393 g/mol. The maximum Gasteiger partial charge on any atom is 0.222 e. The normalized spacial score (nSPS) is 16.6. The van der Waals surface area contributed by atoms with E-state index in [9.17, 15) is 4.79 Å². The molecule has 7 heteroatoms. The molecule has 1 saturated heterocycles. The number of benzene rings is 1. The van der Waals surface area contributed by atoms with Crippen molar-refractivity contribution < 1.29 is 4.79 Å². The summed E-state index contributed by atoms with van der Waals surface area (Å²) in [7, 11) is 0. The Morgan fingerprint density at radius 3 is 2.81 bits per heavy atom. The number of likely N-dealkylation sites (tertiary alicyclic amines) is 1. The van der Waals surface area contributed by atoms with Gasteiger partial charge in [-0.3, -0.25) is 4.79 Å². The van der Waals surface area contributed by atoms with E-state index in [1.165, 1.54) is 0 Å². The zero-order valence-corrected chi connectivity index (χ0v) is 16.9. The van der Waals surface area contributed by atoms with Crippen LogP contribution in [0.1, 0.15) is 56.2 Å². The molecule has 1 aliphatic rings. The minimum Gasteiger partial charge on any atom is -0.335 e. The number of hydrogen-bond acceptors (Lipinski definition) is 4. The third-order valence-electron chi connectivity index (χ3n) is 4.74. The molecule has 1 aliphatic heterocycles. The van der Waals surface area contributed by atoms with Crippen molar-refractivity contribution in [3.63, 3.8) is 0 Å². The zero-order valence-electron chi connectivity index (χ0n) is 15.3. The van der Waals surface area contributed by atoms with Gasteiger partial charge in [-0.25, -0.2) is 0 Å². The van der Waals surface area contributed by atoms with Crippen LogP contribution in [0.4, 0.5) is 0 Å². The molecule has 1 amide bonds. The topological polar surface area (TPSA) is 51.0 Å². The summed E-state index contributed by atoms with van der Waals surface area (Å²) in [5.74, 6) is 1.09. The molecule has 0 radical (unpaired) electrons. The highest BCUT2D eigenvalue weighted by atomic mass is 35.5. The van der Waals surface area contributed by atoms with Crippen molar-refractivity contribution in [3.05, 3.63) is 40.7 Å². The number of aromatic nitrogens is 3. The SMILES string of the molecule is CCn1c(CN2CCCCCC2=O)nnc1SC(C)c1ccccc1Cl. The molecule has 0 bridgehead atoms. The second-order valence-corrected chi connectivity index (χ2v) is 8.27. The number of carbonyl (C=O) groups is 1. The van der Waals surface area contributed by atoms with Crippen molar-refractivity contribution in [1.82, 2.24) is 19.7 Å². The van der Waals surface area contributed by atoms with Crippen LogP contribution >= 0.6 is 23.4 Å². The van der Waals surface area contributed by atoms with Crippen molar-refractivity contribution >= 4 is 29.3 Å². The van der Waals surface area contributed by atoms with Crippen LogP contribution in [0.25, 0.3) is 0 Å². The number of rotatable bonds is 6. The number of thioether (sulfide) groups is 1. The second kappa shape index (κ2) is 8.91. The van der Waals surface area contributed by atoms with E-state index < -0.39 is 0 Å². The fourth-order valence-electron chi connectivity index (χ4n) is 3.24. The summed E-state index contributed by atoms with van der Waals surface area (Å²) in [6.07, 6.45) is 3.83. The van der Waals surface area contributed by atoms with E-state index in [4.69, 9.17) is 11.6 Å². The van der Waals surface area contributed by atoms with Crippen LogP contribution in [-0.4, -0.2) is 32.1 Å². The molecule has 0 N–H and O–H groups in total. The van der Waals surface area contributed by atoms with Gasteiger partial charge in [-0.15, -0.1) is 10.2 Å². The van der Waals surface area contributed by atoms with E-state index >= 15 is 0 Å². The van der Waals surface area contributed by atoms with Gasteiger partial charge in [0, 0.05) is 29.8 Å². The van der Waals surface area contributed by atoms with Gasteiger partial charge in [-0.05, 0) is 38.3 Å². The highest BCUT2D eigenvalue weighted by Crippen LogP contribution is 2.37. The first-order valence-electron chi connectivity index (χ1n) is 9.21. The molecular weight excluding hydrogens is 368 g/mol. The van der Waals surface area contributed by atoms with E-state index in [0.29, 0.717) is 13.0 Å². The Bertz CT molecular complexity index is 764. The Labute approximate surface area is 164 Å². The Kier molecular flexibility index (Phi) is 6.59. The lowest BCUT2D eigenvalue weighted by Crippen LogP contribution is -2.31. The first kappa shape index (κ1) is 19.2. The molecule has 0 aliphatic carbocycles. The zero-order chi connectivity index (χ0) is 18.5. The van der Waals surface area contributed by atoms with Gasteiger partial charge >= 0.3 is 0 Å². The summed E-state index contributed by atoms with van der Waals surface area (Å²) in [5.41, 5.74) is 1.09. The summed E-state index contributed by atoms with van der Waals surface area (Å²) < 4.78 is 2.11. The molecule has 1 atom stereocenters. The number of halogens is 1. The Balaban J connectivity index is 1.75. The van der Waals surface area contributed by atoms with E-state index in [2.05, 4.69) is 28.6 Å². The fourth-order valence-corrected chi connectivity index (χ4v) is 4.71. The molecule has 0 saturated carbocycles. The standard InChI is InChI=1S/C19H25ClN4OS/c1-3-24-17(13-23-12-8-4-5-11-18(23)25)21-22-19(24)26-14(2)15-9-6-7-10-16(15)20/h6-7,9-10,14H,3-5,8,11-13H2,1-2H3. The van der Waals surface area contributed by atoms with Crippen molar-refractivity contribution in [2.75, 3.05) is 6.54 Å². The molecule has 140 valence electrons. The molecule has 1 unspecified atom stereocenters. The Morgan fingerprint density at radius 2 is 2.04 bits per heavy atom. The minimum atomic E-state index is 0.172. The highest BCUT2D eigenvalue weighted by Gasteiger charge is 2.22. The monoisotopic (exact) mass is 392 g/mol. The van der Waals surface area contributed by atoms with Gasteiger partial charge in [-0.1, -0.05) is 48.0 Å². The van der Waals surface area contributed by atoms with E-state index in [-0.39, 0.29) is 11.2 Å². The van der Waals surface area contributed by atoms with Gasteiger partial charge < -0.3 is 9.47 Å². The molecular formula is C19H25ClN4OS. The predicted octanol–water partition coefficient (Wildman–Crippen LogP) is 4.71. The lowest BCUT2D eigenvalue weighted by Gasteiger charge is -2.20. The van der Waals surface area contributed by atoms with Gasteiger partial charge in [0.15, 0.2) is 11.0 Å². The average Bonchev–Trinajstić information content (AvgIpc) is 2.89. The summed E-state index contributed by atoms with van der Waals surface area (Å²) >= 11 is 7.98. The maximum atomic E-state index is 12.3. The summed E-state index contributed by atoms with van der Waals surface area (Å²) in [6, 6.07) is 7.89. The predicted molar refractivity (Wildman–Crippen MR) is 105 cm³/mol. The highest BCUT2D eigenvalue weighted by molar-refractivity contribution is 7.99. The van der Waals surface area contributed by atoms with Crippen molar-refractivity contribution in [2.45, 2.75) is 63.0 Å². The van der Waals surface area contributed by atoms with Gasteiger partial charge in [0.25, 0.3) is 0 Å². The number of hydrogen-bond donors (Lipinski definition) is 0. The Morgan fingerprint density at radius 1 is 1.23 bits per heavy atom. The molecule has 26 heavy (non-hydrogen) atoms. The largest absolute Gasteiger partial charge is 0.335 e. The molecule has 1 aromatic heterocycles. The molecule has 5 nitrogen and oxygen atoms in total. The van der Waals surface area contributed by atoms with Crippen LogP contribution in [0.2, 0.25) is 5.02 Å². The van der Waals surface area contributed by atoms with Crippen LogP contribution in [0.3, 0.4) is 0 Å². The van der Waals surface area contributed by atoms with Crippen molar-refractivity contribution in [1.29, 1.82) is 0 Å². The summed E-state index contributed by atoms with van der Waals surface area (Å²) in [6.45, 7) is 6.34.